The minimum atomic E-state index is -4.88. The molecule has 112 valence electrons. The maximum Gasteiger partial charge on any atom is 0.471 e. The van der Waals surface area contributed by atoms with Crippen LogP contribution in [0.15, 0.2) is 29.2 Å². The normalized spacial score (nSPS) is 12.2. The fourth-order valence-electron chi connectivity index (χ4n) is 1.41. The van der Waals surface area contributed by atoms with Crippen LogP contribution in [0.5, 0.6) is 0 Å². The maximum atomic E-state index is 11.9. The third kappa shape index (κ3) is 5.38. The van der Waals surface area contributed by atoms with Gasteiger partial charge in [0.05, 0.1) is 4.90 Å². The van der Waals surface area contributed by atoms with E-state index in [2.05, 4.69) is 0 Å². The summed E-state index contributed by atoms with van der Waals surface area (Å²) in [7, 11) is 1.35. The zero-order chi connectivity index (χ0) is 15.4. The number of hydrogen-bond acceptors (Lipinski definition) is 3. The number of carbonyl (C=O) groups is 1. The van der Waals surface area contributed by atoms with Gasteiger partial charge in [-0.3, -0.25) is 4.79 Å². The van der Waals surface area contributed by atoms with Crippen molar-refractivity contribution in [2.75, 3.05) is 6.54 Å². The Labute approximate surface area is 118 Å². The number of amides is 1. The average Bonchev–Trinajstić information content (AvgIpc) is 2.32. The quantitative estimate of drug-likeness (QED) is 0.665. The summed E-state index contributed by atoms with van der Waals surface area (Å²) in [5, 5.41) is 1.75. The second-order valence-electron chi connectivity index (χ2n) is 3.94. The monoisotopic (exact) mass is 329 g/mol. The minimum Gasteiger partial charge on any atom is -0.348 e. The molecule has 0 saturated carbocycles. The Bertz CT molecular complexity index is 570. The summed E-state index contributed by atoms with van der Waals surface area (Å²) in [6.07, 6.45) is -4.17. The SMILES string of the molecule is O=C(NCCCc1ccc(S(=O)(=O)Cl)cc1)C(F)(F)F. The molecule has 0 heterocycles. The summed E-state index contributed by atoms with van der Waals surface area (Å²) >= 11 is 0. The maximum absolute atomic E-state index is 11.9. The van der Waals surface area contributed by atoms with Gasteiger partial charge in [-0.2, -0.15) is 13.2 Å². The van der Waals surface area contributed by atoms with Gasteiger partial charge in [-0.1, -0.05) is 12.1 Å². The van der Waals surface area contributed by atoms with Crippen LogP contribution in [0.25, 0.3) is 0 Å². The van der Waals surface area contributed by atoms with E-state index in [1.807, 2.05) is 0 Å². The van der Waals surface area contributed by atoms with Crippen molar-refractivity contribution in [3.05, 3.63) is 29.8 Å². The van der Waals surface area contributed by atoms with Crippen LogP contribution >= 0.6 is 10.7 Å². The minimum absolute atomic E-state index is 0.0479. The summed E-state index contributed by atoms with van der Waals surface area (Å²) in [5.41, 5.74) is 0.732. The number of benzene rings is 1. The van der Waals surface area contributed by atoms with Crippen molar-refractivity contribution in [1.29, 1.82) is 0 Å². The molecule has 1 N–H and O–H groups in total. The van der Waals surface area contributed by atoms with Crippen LogP contribution in [0, 0.1) is 0 Å². The second-order valence-corrected chi connectivity index (χ2v) is 6.50. The summed E-state index contributed by atoms with van der Waals surface area (Å²) in [4.78, 5) is 10.5. The van der Waals surface area contributed by atoms with Crippen molar-refractivity contribution in [2.24, 2.45) is 0 Å². The molecule has 0 radical (unpaired) electrons. The van der Waals surface area contributed by atoms with Gasteiger partial charge in [0.15, 0.2) is 0 Å². The number of aryl methyl sites for hydroxylation is 1. The van der Waals surface area contributed by atoms with E-state index in [9.17, 15) is 26.4 Å². The molecule has 0 aromatic heterocycles. The molecule has 0 fully saturated rings. The van der Waals surface area contributed by atoms with Gasteiger partial charge in [0.1, 0.15) is 0 Å². The highest BCUT2D eigenvalue weighted by molar-refractivity contribution is 8.13. The van der Waals surface area contributed by atoms with Crippen molar-refractivity contribution in [3.8, 4) is 0 Å². The Morgan fingerprint density at radius 3 is 2.20 bits per heavy atom. The second kappa shape index (κ2) is 6.45. The lowest BCUT2D eigenvalue weighted by Crippen LogP contribution is -2.37. The molecule has 0 aliphatic rings. The lowest BCUT2D eigenvalue weighted by Gasteiger charge is -2.07. The highest BCUT2D eigenvalue weighted by Gasteiger charge is 2.38. The first kappa shape index (κ1) is 16.8. The Morgan fingerprint density at radius 1 is 1.20 bits per heavy atom. The van der Waals surface area contributed by atoms with E-state index in [1.165, 1.54) is 24.3 Å². The number of hydrogen-bond donors (Lipinski definition) is 1. The van der Waals surface area contributed by atoms with Crippen LogP contribution in [0.4, 0.5) is 13.2 Å². The molecular formula is C11H11ClF3NO3S. The topological polar surface area (TPSA) is 63.2 Å². The summed E-state index contributed by atoms with van der Waals surface area (Å²) < 4.78 is 57.6. The third-order valence-electron chi connectivity index (χ3n) is 2.39. The standard InChI is InChI=1S/C11H11ClF3NO3S/c12-20(18,19)9-5-3-8(4-6-9)2-1-7-16-10(17)11(13,14)15/h3-6H,1-2,7H2,(H,16,17). The molecular weight excluding hydrogens is 319 g/mol. The van der Waals surface area contributed by atoms with E-state index in [1.54, 1.807) is 5.32 Å². The van der Waals surface area contributed by atoms with Gasteiger partial charge in [-0.05, 0) is 30.5 Å². The Morgan fingerprint density at radius 2 is 1.75 bits per heavy atom. The van der Waals surface area contributed by atoms with Gasteiger partial charge >= 0.3 is 12.1 Å². The highest BCUT2D eigenvalue weighted by Crippen LogP contribution is 2.16. The first-order chi connectivity index (χ1) is 9.10. The van der Waals surface area contributed by atoms with Crippen LogP contribution in [0.1, 0.15) is 12.0 Å². The molecule has 1 aromatic carbocycles. The van der Waals surface area contributed by atoms with E-state index in [-0.39, 0.29) is 11.4 Å². The fourth-order valence-corrected chi connectivity index (χ4v) is 2.18. The fraction of sp³-hybridized carbons (Fsp3) is 0.364. The Hall–Kier alpha value is -1.28. The van der Waals surface area contributed by atoms with Crippen molar-refractivity contribution in [1.82, 2.24) is 5.32 Å². The van der Waals surface area contributed by atoms with Gasteiger partial charge in [-0.15, -0.1) is 0 Å². The third-order valence-corrected chi connectivity index (χ3v) is 3.76. The van der Waals surface area contributed by atoms with E-state index in [0.717, 1.165) is 5.56 Å². The zero-order valence-corrected chi connectivity index (χ0v) is 11.6. The number of carbonyl (C=O) groups excluding carboxylic acids is 1. The number of rotatable bonds is 5. The van der Waals surface area contributed by atoms with Crippen LogP contribution < -0.4 is 5.32 Å². The van der Waals surface area contributed by atoms with Crippen LogP contribution in [0.3, 0.4) is 0 Å². The molecule has 0 aliphatic heterocycles. The van der Waals surface area contributed by atoms with E-state index in [4.69, 9.17) is 10.7 Å². The van der Waals surface area contributed by atoms with Crippen molar-refractivity contribution >= 4 is 25.6 Å². The lowest BCUT2D eigenvalue weighted by molar-refractivity contribution is -0.173. The van der Waals surface area contributed by atoms with E-state index >= 15 is 0 Å². The predicted molar refractivity (Wildman–Crippen MR) is 66.9 cm³/mol. The number of nitrogens with one attached hydrogen (secondary N) is 1. The first-order valence-electron chi connectivity index (χ1n) is 5.49. The zero-order valence-electron chi connectivity index (χ0n) is 10.1. The van der Waals surface area contributed by atoms with E-state index in [0.29, 0.717) is 12.8 Å². The van der Waals surface area contributed by atoms with Crippen molar-refractivity contribution < 1.29 is 26.4 Å². The van der Waals surface area contributed by atoms with Gasteiger partial charge < -0.3 is 5.32 Å². The summed E-state index contributed by atoms with van der Waals surface area (Å²) in [6, 6.07) is 5.65. The van der Waals surface area contributed by atoms with Crippen LogP contribution in [0.2, 0.25) is 0 Å². The highest BCUT2D eigenvalue weighted by atomic mass is 35.7. The molecule has 20 heavy (non-hydrogen) atoms. The van der Waals surface area contributed by atoms with Crippen molar-refractivity contribution in [2.45, 2.75) is 23.9 Å². The van der Waals surface area contributed by atoms with Gasteiger partial charge in [0.2, 0.25) is 0 Å². The van der Waals surface area contributed by atoms with Crippen LogP contribution in [-0.4, -0.2) is 27.0 Å². The van der Waals surface area contributed by atoms with Crippen LogP contribution in [-0.2, 0) is 20.3 Å². The molecule has 0 unspecified atom stereocenters. The summed E-state index contributed by atoms with van der Waals surface area (Å²) in [6.45, 7) is -0.117. The molecule has 9 heteroatoms. The number of halogens is 4. The molecule has 0 aliphatic carbocycles. The van der Waals surface area contributed by atoms with Gasteiger partial charge in [-0.25, -0.2) is 8.42 Å². The molecule has 0 spiro atoms. The molecule has 0 atom stereocenters. The Kier molecular flexibility index (Phi) is 5.41. The number of alkyl halides is 3. The van der Waals surface area contributed by atoms with E-state index < -0.39 is 21.1 Å². The van der Waals surface area contributed by atoms with Crippen molar-refractivity contribution in [3.63, 3.8) is 0 Å². The Balaban J connectivity index is 2.42. The first-order valence-corrected chi connectivity index (χ1v) is 7.80. The lowest BCUT2D eigenvalue weighted by atomic mass is 10.1. The van der Waals surface area contributed by atoms with Gasteiger partial charge in [0.25, 0.3) is 9.05 Å². The average molecular weight is 330 g/mol. The molecule has 0 bridgehead atoms. The molecule has 1 aromatic rings. The molecule has 0 saturated heterocycles. The van der Waals surface area contributed by atoms with Gasteiger partial charge in [0, 0.05) is 17.2 Å². The predicted octanol–water partition coefficient (Wildman–Crippen LogP) is 2.23. The summed E-state index contributed by atoms with van der Waals surface area (Å²) in [5.74, 6) is -1.97. The largest absolute Gasteiger partial charge is 0.471 e. The molecule has 4 nitrogen and oxygen atoms in total. The molecule has 1 rings (SSSR count). The molecule has 1 amide bonds. The smallest absolute Gasteiger partial charge is 0.348 e.